The van der Waals surface area contributed by atoms with Crippen molar-refractivity contribution in [1.29, 1.82) is 0 Å². The normalized spacial score (nSPS) is 16.4. The molecular formula is C27H41N5O2. The van der Waals surface area contributed by atoms with Gasteiger partial charge in [-0.3, -0.25) is 9.78 Å². The Bertz CT molecular complexity index is 872. The highest BCUT2D eigenvalue weighted by molar-refractivity contribution is 5.86. The smallest absolute Gasteiger partial charge is 0.247 e. The monoisotopic (exact) mass is 467 g/mol. The van der Waals surface area contributed by atoms with Crippen molar-refractivity contribution in [2.75, 3.05) is 45.7 Å². The van der Waals surface area contributed by atoms with Crippen molar-refractivity contribution in [3.8, 4) is 0 Å². The number of amides is 1. The molecule has 7 heteroatoms. The predicted octanol–water partition coefficient (Wildman–Crippen LogP) is 3.17. The van der Waals surface area contributed by atoms with Gasteiger partial charge in [-0.2, -0.15) is 0 Å². The molecular weight excluding hydrogens is 426 g/mol. The maximum atomic E-state index is 13.0. The standard InChI is InChI=1S/C22H32N4O.C5H9NO/c1-22(2,3)18-9-11-19(12-10-18)26(6)20(17-8-7-13-23-16-17)21(27)24-14-15-25(4)5;7-4-5-2-1-3-6-5/h7-13,16,20H,14-15H2,1-6H3,(H,24,27);4-6H,1-3H2. The number of hydrogen-bond acceptors (Lipinski definition) is 6. The molecule has 2 heterocycles. The van der Waals surface area contributed by atoms with Gasteiger partial charge in [-0.25, -0.2) is 0 Å². The highest BCUT2D eigenvalue weighted by Crippen LogP contribution is 2.29. The summed E-state index contributed by atoms with van der Waals surface area (Å²) in [7, 11) is 5.94. The minimum absolute atomic E-state index is 0.0211. The first-order valence-electron chi connectivity index (χ1n) is 12.0. The van der Waals surface area contributed by atoms with Crippen LogP contribution < -0.4 is 15.5 Å². The molecule has 1 fully saturated rings. The van der Waals surface area contributed by atoms with Crippen molar-refractivity contribution in [1.82, 2.24) is 20.5 Å². The molecule has 186 valence electrons. The van der Waals surface area contributed by atoms with E-state index >= 15 is 0 Å². The van der Waals surface area contributed by atoms with E-state index in [0.717, 1.165) is 43.5 Å². The lowest BCUT2D eigenvalue weighted by Crippen LogP contribution is -2.41. The SMILES string of the molecule is CN(C)CCNC(=O)C(c1cccnc1)N(C)c1ccc(C(C)(C)C)cc1.O=CC1CCCN1. The van der Waals surface area contributed by atoms with Crippen molar-refractivity contribution < 1.29 is 9.59 Å². The largest absolute Gasteiger partial charge is 0.359 e. The number of pyridine rings is 1. The Kier molecular flexibility index (Phi) is 10.7. The van der Waals surface area contributed by atoms with Gasteiger partial charge in [0.1, 0.15) is 12.3 Å². The Morgan fingerprint density at radius 2 is 1.91 bits per heavy atom. The molecule has 2 unspecified atom stereocenters. The number of carbonyl (C=O) groups is 2. The maximum absolute atomic E-state index is 13.0. The van der Waals surface area contributed by atoms with Gasteiger partial charge in [0, 0.05) is 43.8 Å². The van der Waals surface area contributed by atoms with Crippen molar-refractivity contribution in [3.63, 3.8) is 0 Å². The second-order valence-electron chi connectivity index (χ2n) is 10.0. The van der Waals surface area contributed by atoms with E-state index in [2.05, 4.69) is 60.7 Å². The summed E-state index contributed by atoms with van der Waals surface area (Å²) in [5.74, 6) is -0.0211. The van der Waals surface area contributed by atoms with E-state index in [1.807, 2.05) is 43.1 Å². The third-order valence-corrected chi connectivity index (χ3v) is 5.90. The van der Waals surface area contributed by atoms with Crippen LogP contribution in [0.25, 0.3) is 0 Å². The molecule has 0 bridgehead atoms. The van der Waals surface area contributed by atoms with Gasteiger partial charge in [0.2, 0.25) is 5.91 Å². The van der Waals surface area contributed by atoms with Crippen molar-refractivity contribution in [2.24, 2.45) is 0 Å². The highest BCUT2D eigenvalue weighted by atomic mass is 16.2. The molecule has 1 amide bonds. The number of rotatable bonds is 8. The molecule has 1 saturated heterocycles. The first-order chi connectivity index (χ1) is 16.1. The average Bonchev–Trinajstić information content (AvgIpc) is 3.34. The van der Waals surface area contributed by atoms with E-state index in [0.29, 0.717) is 6.54 Å². The molecule has 0 radical (unpaired) electrons. The number of aldehydes is 1. The topological polar surface area (TPSA) is 77.6 Å². The number of anilines is 1. The number of likely N-dealkylation sites (N-methyl/N-ethyl adjacent to an activating group) is 2. The van der Waals surface area contributed by atoms with E-state index in [4.69, 9.17) is 0 Å². The van der Waals surface area contributed by atoms with Gasteiger partial charge in [-0.15, -0.1) is 0 Å². The van der Waals surface area contributed by atoms with Gasteiger partial charge >= 0.3 is 0 Å². The molecule has 1 aromatic carbocycles. The van der Waals surface area contributed by atoms with Gasteiger partial charge in [-0.05, 0) is 62.7 Å². The molecule has 1 aliphatic heterocycles. The second kappa shape index (κ2) is 13.2. The van der Waals surface area contributed by atoms with Crippen LogP contribution in [-0.2, 0) is 15.0 Å². The molecule has 2 atom stereocenters. The number of nitrogens with one attached hydrogen (secondary N) is 2. The number of nitrogens with zero attached hydrogens (tertiary/aromatic N) is 3. The number of aromatic nitrogens is 1. The molecule has 2 N–H and O–H groups in total. The molecule has 7 nitrogen and oxygen atoms in total. The summed E-state index contributed by atoms with van der Waals surface area (Å²) in [4.78, 5) is 31.2. The fraction of sp³-hybridized carbons (Fsp3) is 0.519. The summed E-state index contributed by atoms with van der Waals surface area (Å²) >= 11 is 0. The van der Waals surface area contributed by atoms with Crippen LogP contribution in [0, 0.1) is 0 Å². The Labute approximate surface area is 204 Å². The van der Waals surface area contributed by atoms with Crippen LogP contribution in [0.2, 0.25) is 0 Å². The van der Waals surface area contributed by atoms with Crippen LogP contribution in [0.1, 0.15) is 50.8 Å². The zero-order valence-corrected chi connectivity index (χ0v) is 21.5. The molecule has 3 rings (SSSR count). The number of benzene rings is 1. The Hall–Kier alpha value is -2.77. The van der Waals surface area contributed by atoms with E-state index in [1.165, 1.54) is 5.56 Å². The Morgan fingerprint density at radius 1 is 1.21 bits per heavy atom. The molecule has 1 aliphatic rings. The molecule has 0 spiro atoms. The van der Waals surface area contributed by atoms with Crippen LogP contribution in [0.15, 0.2) is 48.8 Å². The van der Waals surface area contributed by atoms with Gasteiger partial charge in [0.25, 0.3) is 0 Å². The van der Waals surface area contributed by atoms with Crippen LogP contribution in [0.5, 0.6) is 0 Å². The lowest BCUT2D eigenvalue weighted by atomic mass is 9.87. The first kappa shape index (κ1) is 27.5. The fourth-order valence-corrected chi connectivity index (χ4v) is 3.76. The summed E-state index contributed by atoms with van der Waals surface area (Å²) in [6, 6.07) is 12.0. The van der Waals surface area contributed by atoms with Gasteiger partial charge in [0.05, 0.1) is 6.04 Å². The van der Waals surface area contributed by atoms with Crippen LogP contribution >= 0.6 is 0 Å². The second-order valence-corrected chi connectivity index (χ2v) is 10.0. The average molecular weight is 468 g/mol. The third-order valence-electron chi connectivity index (χ3n) is 5.90. The minimum atomic E-state index is -0.429. The quantitative estimate of drug-likeness (QED) is 0.581. The first-order valence-corrected chi connectivity index (χ1v) is 12.0. The predicted molar refractivity (Wildman–Crippen MR) is 139 cm³/mol. The van der Waals surface area contributed by atoms with Crippen LogP contribution in [0.4, 0.5) is 5.69 Å². The zero-order valence-electron chi connectivity index (χ0n) is 21.5. The fourth-order valence-electron chi connectivity index (χ4n) is 3.76. The molecule has 0 saturated carbocycles. The summed E-state index contributed by atoms with van der Waals surface area (Å²) in [6.07, 6.45) is 6.65. The highest BCUT2D eigenvalue weighted by Gasteiger charge is 2.26. The molecule has 2 aromatic rings. The molecule has 1 aromatic heterocycles. The van der Waals surface area contributed by atoms with Crippen LogP contribution in [-0.4, -0.2) is 68.9 Å². The summed E-state index contributed by atoms with van der Waals surface area (Å²) in [5.41, 5.74) is 3.25. The molecule has 34 heavy (non-hydrogen) atoms. The van der Waals surface area contributed by atoms with Crippen molar-refractivity contribution in [3.05, 3.63) is 59.9 Å². The van der Waals surface area contributed by atoms with Gasteiger partial charge < -0.3 is 25.2 Å². The Morgan fingerprint density at radius 3 is 2.38 bits per heavy atom. The van der Waals surface area contributed by atoms with Gasteiger partial charge in [0.15, 0.2) is 0 Å². The summed E-state index contributed by atoms with van der Waals surface area (Å²) in [5, 5.41) is 6.09. The van der Waals surface area contributed by atoms with E-state index < -0.39 is 6.04 Å². The molecule has 0 aliphatic carbocycles. The van der Waals surface area contributed by atoms with E-state index in [9.17, 15) is 9.59 Å². The third kappa shape index (κ3) is 8.54. The van der Waals surface area contributed by atoms with E-state index in [-0.39, 0.29) is 17.4 Å². The lowest BCUT2D eigenvalue weighted by molar-refractivity contribution is -0.122. The summed E-state index contributed by atoms with van der Waals surface area (Å²) < 4.78 is 0. The lowest BCUT2D eigenvalue weighted by Gasteiger charge is -2.30. The summed E-state index contributed by atoms with van der Waals surface area (Å²) in [6.45, 7) is 9.02. The number of hydrogen-bond donors (Lipinski definition) is 2. The minimum Gasteiger partial charge on any atom is -0.359 e. The Balaban J connectivity index is 0.000000497. The van der Waals surface area contributed by atoms with E-state index in [1.54, 1.807) is 12.4 Å². The number of carbonyl (C=O) groups excluding carboxylic acids is 2. The maximum Gasteiger partial charge on any atom is 0.247 e. The van der Waals surface area contributed by atoms with Crippen molar-refractivity contribution in [2.45, 2.75) is 51.1 Å². The van der Waals surface area contributed by atoms with Crippen LogP contribution in [0.3, 0.4) is 0 Å². The van der Waals surface area contributed by atoms with Crippen molar-refractivity contribution >= 4 is 17.9 Å². The zero-order chi connectivity index (χ0) is 25.1. The van der Waals surface area contributed by atoms with Gasteiger partial charge in [-0.1, -0.05) is 39.0 Å².